The Bertz CT molecular complexity index is 93.1. The van der Waals surface area contributed by atoms with E-state index in [1.165, 1.54) is 0 Å². The largest absolute Gasteiger partial charge is 0.402 e. The van der Waals surface area contributed by atoms with E-state index >= 15 is 0 Å². The summed E-state index contributed by atoms with van der Waals surface area (Å²) in [7, 11) is 0. The van der Waals surface area contributed by atoms with Crippen molar-refractivity contribution >= 4 is 0 Å². The third-order valence-corrected chi connectivity index (χ3v) is 0.537. The fraction of sp³-hybridized carbons (Fsp3) is 0.600. The third kappa shape index (κ3) is 5.40. The molecule has 0 fully saturated rings. The average Bonchev–Trinajstić information content (AvgIpc) is 1.21. The Balaban J connectivity index is 3.55. The predicted octanol–water partition coefficient (Wildman–Crippen LogP) is 1.50. The summed E-state index contributed by atoms with van der Waals surface area (Å²) < 4.78 is 23.7. The molecule has 0 saturated heterocycles. The van der Waals surface area contributed by atoms with Crippen molar-refractivity contribution in [1.82, 2.24) is 0 Å². The zero-order valence-corrected chi connectivity index (χ0v) is 4.75. The van der Waals surface area contributed by atoms with Crippen LogP contribution in [0.3, 0.4) is 0 Å². The fourth-order valence-electron chi connectivity index (χ4n) is 0.399. The number of halogens is 2. The molecule has 0 saturated carbocycles. The van der Waals surface area contributed by atoms with Gasteiger partial charge in [-0.3, -0.25) is 0 Å². The summed E-state index contributed by atoms with van der Waals surface area (Å²) in [5.41, 5.74) is 4.93. The molecule has 0 aromatic heterocycles. The SMILES string of the molecule is C=C(N)CC(C)(F)F. The number of nitrogens with two attached hydrogens (primary N) is 1. The molecule has 0 amide bonds. The quantitative estimate of drug-likeness (QED) is 0.588. The van der Waals surface area contributed by atoms with Crippen molar-refractivity contribution in [2.24, 2.45) is 5.73 Å². The highest BCUT2D eigenvalue weighted by Crippen LogP contribution is 2.18. The molecular weight excluding hydrogens is 112 g/mol. The third-order valence-electron chi connectivity index (χ3n) is 0.537. The van der Waals surface area contributed by atoms with Crippen LogP contribution < -0.4 is 5.73 Å². The van der Waals surface area contributed by atoms with Crippen molar-refractivity contribution in [3.8, 4) is 0 Å². The first-order chi connectivity index (χ1) is 3.42. The standard InChI is InChI=1S/C5H9F2N/c1-4(8)3-5(2,6)7/h1,3,8H2,2H3. The average molecular weight is 121 g/mol. The molecule has 0 aliphatic rings. The monoisotopic (exact) mass is 121 g/mol. The second kappa shape index (κ2) is 2.11. The maximum absolute atomic E-state index is 11.8. The summed E-state index contributed by atoms with van der Waals surface area (Å²) in [5.74, 6) is -2.70. The molecule has 1 nitrogen and oxygen atoms in total. The topological polar surface area (TPSA) is 26.0 Å². The summed E-state index contributed by atoms with van der Waals surface area (Å²) >= 11 is 0. The summed E-state index contributed by atoms with van der Waals surface area (Å²) in [6.07, 6.45) is -0.424. The lowest BCUT2D eigenvalue weighted by molar-refractivity contribution is 0.0225. The Hall–Kier alpha value is -0.600. The normalized spacial score (nSPS) is 11.4. The zero-order chi connectivity index (χ0) is 6.78. The van der Waals surface area contributed by atoms with Crippen LogP contribution in [0.15, 0.2) is 12.3 Å². The number of rotatable bonds is 2. The molecule has 8 heavy (non-hydrogen) atoms. The zero-order valence-electron chi connectivity index (χ0n) is 4.75. The van der Waals surface area contributed by atoms with Gasteiger partial charge in [-0.1, -0.05) is 6.58 Å². The molecule has 3 heteroatoms. The molecule has 0 spiro atoms. The van der Waals surface area contributed by atoms with Gasteiger partial charge >= 0.3 is 0 Å². The molecule has 0 heterocycles. The van der Waals surface area contributed by atoms with Gasteiger partial charge in [0.1, 0.15) is 0 Å². The minimum Gasteiger partial charge on any atom is -0.402 e. The Morgan fingerprint density at radius 1 is 1.75 bits per heavy atom. The molecule has 0 aliphatic heterocycles. The van der Waals surface area contributed by atoms with Crippen LogP contribution in [0.5, 0.6) is 0 Å². The van der Waals surface area contributed by atoms with Gasteiger partial charge in [-0.2, -0.15) is 0 Å². The van der Waals surface area contributed by atoms with E-state index in [4.69, 9.17) is 5.73 Å². The van der Waals surface area contributed by atoms with E-state index in [9.17, 15) is 8.78 Å². The van der Waals surface area contributed by atoms with Gasteiger partial charge in [-0.05, 0) is 6.92 Å². The van der Waals surface area contributed by atoms with Gasteiger partial charge in [0.15, 0.2) is 0 Å². The lowest BCUT2D eigenvalue weighted by atomic mass is 10.2. The highest BCUT2D eigenvalue weighted by molar-refractivity contribution is 4.90. The van der Waals surface area contributed by atoms with Crippen LogP contribution in [0, 0.1) is 0 Å². The molecule has 0 aliphatic carbocycles. The molecule has 2 N–H and O–H groups in total. The molecule has 0 bridgehead atoms. The van der Waals surface area contributed by atoms with Crippen molar-refractivity contribution in [2.75, 3.05) is 0 Å². The van der Waals surface area contributed by atoms with Crippen molar-refractivity contribution in [3.63, 3.8) is 0 Å². The molecule has 0 unspecified atom stereocenters. The Morgan fingerprint density at radius 2 is 2.12 bits per heavy atom. The number of allylic oxidation sites excluding steroid dienone is 1. The van der Waals surface area contributed by atoms with E-state index in [-0.39, 0.29) is 5.70 Å². The van der Waals surface area contributed by atoms with E-state index in [1.807, 2.05) is 0 Å². The Morgan fingerprint density at radius 3 is 2.12 bits per heavy atom. The Labute approximate surface area is 47.2 Å². The second-order valence-electron chi connectivity index (χ2n) is 1.91. The first kappa shape index (κ1) is 7.40. The second-order valence-corrected chi connectivity index (χ2v) is 1.91. The number of alkyl halides is 2. The minimum absolute atomic E-state index is 0.0255. The maximum atomic E-state index is 11.8. The van der Waals surface area contributed by atoms with Crippen LogP contribution >= 0.6 is 0 Å². The van der Waals surface area contributed by atoms with Crippen molar-refractivity contribution in [2.45, 2.75) is 19.3 Å². The van der Waals surface area contributed by atoms with E-state index in [2.05, 4.69) is 6.58 Å². The van der Waals surface area contributed by atoms with Gasteiger partial charge in [0, 0.05) is 5.70 Å². The molecular formula is C5H9F2N. The van der Waals surface area contributed by atoms with Crippen LogP contribution in [0.1, 0.15) is 13.3 Å². The van der Waals surface area contributed by atoms with E-state index in [1.54, 1.807) is 0 Å². The van der Waals surface area contributed by atoms with Crippen LogP contribution in [0.4, 0.5) is 8.78 Å². The smallest absolute Gasteiger partial charge is 0.250 e. The first-order valence-corrected chi connectivity index (χ1v) is 2.23. The molecule has 0 radical (unpaired) electrons. The van der Waals surface area contributed by atoms with Crippen LogP contribution in [-0.2, 0) is 0 Å². The van der Waals surface area contributed by atoms with Crippen LogP contribution in [0.25, 0.3) is 0 Å². The van der Waals surface area contributed by atoms with Gasteiger partial charge in [0.25, 0.3) is 5.92 Å². The van der Waals surface area contributed by atoms with Gasteiger partial charge < -0.3 is 5.73 Å². The van der Waals surface area contributed by atoms with E-state index in [0.717, 1.165) is 6.92 Å². The highest BCUT2D eigenvalue weighted by Gasteiger charge is 2.20. The number of hydrogen-bond acceptors (Lipinski definition) is 1. The summed E-state index contributed by atoms with van der Waals surface area (Å²) in [4.78, 5) is 0. The minimum atomic E-state index is -2.70. The van der Waals surface area contributed by atoms with Crippen LogP contribution in [0.2, 0.25) is 0 Å². The molecule has 48 valence electrons. The first-order valence-electron chi connectivity index (χ1n) is 2.23. The number of hydrogen-bond donors (Lipinski definition) is 1. The van der Waals surface area contributed by atoms with Crippen LogP contribution in [-0.4, -0.2) is 5.92 Å². The lowest BCUT2D eigenvalue weighted by Gasteiger charge is -2.07. The predicted molar refractivity (Wildman–Crippen MR) is 28.6 cm³/mol. The molecule has 0 rings (SSSR count). The van der Waals surface area contributed by atoms with E-state index in [0.29, 0.717) is 0 Å². The van der Waals surface area contributed by atoms with Crippen molar-refractivity contribution in [3.05, 3.63) is 12.3 Å². The Kier molecular flexibility index (Phi) is 1.95. The maximum Gasteiger partial charge on any atom is 0.250 e. The molecule has 0 aromatic carbocycles. The fourth-order valence-corrected chi connectivity index (χ4v) is 0.399. The van der Waals surface area contributed by atoms with Gasteiger partial charge in [-0.15, -0.1) is 0 Å². The van der Waals surface area contributed by atoms with E-state index < -0.39 is 12.3 Å². The summed E-state index contributed by atoms with van der Waals surface area (Å²) in [6, 6.07) is 0. The van der Waals surface area contributed by atoms with Crippen molar-refractivity contribution in [1.29, 1.82) is 0 Å². The highest BCUT2D eigenvalue weighted by atomic mass is 19.3. The van der Waals surface area contributed by atoms with Crippen molar-refractivity contribution < 1.29 is 8.78 Å². The van der Waals surface area contributed by atoms with Gasteiger partial charge in [0.2, 0.25) is 0 Å². The lowest BCUT2D eigenvalue weighted by Crippen LogP contribution is -2.13. The van der Waals surface area contributed by atoms with Gasteiger partial charge in [-0.25, -0.2) is 8.78 Å². The molecule has 0 aromatic rings. The van der Waals surface area contributed by atoms with Gasteiger partial charge in [0.05, 0.1) is 6.42 Å². The summed E-state index contributed by atoms with van der Waals surface area (Å²) in [6.45, 7) is 3.95. The molecule has 0 atom stereocenters. The summed E-state index contributed by atoms with van der Waals surface area (Å²) in [5, 5.41) is 0.